The zero-order chi connectivity index (χ0) is 13.7. The zero-order valence-corrected chi connectivity index (χ0v) is 12.0. The molecule has 0 aliphatic heterocycles. The first-order chi connectivity index (χ1) is 9.17. The van der Waals surface area contributed by atoms with Crippen molar-refractivity contribution in [3.8, 4) is 5.75 Å². The van der Waals surface area contributed by atoms with Crippen molar-refractivity contribution >= 4 is 15.9 Å². The summed E-state index contributed by atoms with van der Waals surface area (Å²) in [7, 11) is 0. The van der Waals surface area contributed by atoms with Gasteiger partial charge in [0.25, 0.3) is 0 Å². The number of nitrogens with two attached hydrogens (primary N) is 1. The van der Waals surface area contributed by atoms with Crippen LogP contribution in [0.3, 0.4) is 0 Å². The average Bonchev–Trinajstić information content (AvgIpc) is 2.37. The molecule has 0 saturated carbocycles. The highest BCUT2D eigenvalue weighted by Gasteiger charge is 2.01. The minimum Gasteiger partial charge on any atom is -0.489 e. The lowest BCUT2D eigenvalue weighted by Gasteiger charge is -2.08. The Hall–Kier alpha value is -1.39. The van der Waals surface area contributed by atoms with E-state index in [0.29, 0.717) is 23.4 Å². The minimum atomic E-state index is -0.317. The highest BCUT2D eigenvalue weighted by Crippen LogP contribution is 2.21. The van der Waals surface area contributed by atoms with Crippen LogP contribution in [0.5, 0.6) is 5.75 Å². The molecular formula is C15H15BrFNO. The Morgan fingerprint density at radius 1 is 1.05 bits per heavy atom. The molecule has 0 fully saturated rings. The van der Waals surface area contributed by atoms with Crippen molar-refractivity contribution in [1.82, 2.24) is 0 Å². The lowest BCUT2D eigenvalue weighted by Crippen LogP contribution is -2.03. The van der Waals surface area contributed by atoms with Crippen LogP contribution in [0.4, 0.5) is 4.39 Å². The fraction of sp³-hybridized carbons (Fsp3) is 0.200. The summed E-state index contributed by atoms with van der Waals surface area (Å²) < 4.78 is 19.4. The third-order valence-corrected chi connectivity index (χ3v) is 3.16. The molecular weight excluding hydrogens is 309 g/mol. The van der Waals surface area contributed by atoms with Crippen LogP contribution in [-0.4, -0.2) is 6.54 Å². The summed E-state index contributed by atoms with van der Waals surface area (Å²) in [6, 6.07) is 12.6. The quantitative estimate of drug-likeness (QED) is 0.911. The van der Waals surface area contributed by atoms with E-state index in [4.69, 9.17) is 10.5 Å². The van der Waals surface area contributed by atoms with Gasteiger partial charge in [0.05, 0.1) is 0 Å². The molecule has 0 amide bonds. The van der Waals surface area contributed by atoms with E-state index >= 15 is 0 Å². The van der Waals surface area contributed by atoms with Gasteiger partial charge in [-0.25, -0.2) is 4.39 Å². The molecule has 0 aliphatic rings. The zero-order valence-electron chi connectivity index (χ0n) is 10.4. The van der Waals surface area contributed by atoms with E-state index in [2.05, 4.69) is 15.9 Å². The van der Waals surface area contributed by atoms with E-state index in [-0.39, 0.29) is 5.82 Å². The van der Waals surface area contributed by atoms with Crippen LogP contribution in [0.25, 0.3) is 0 Å². The number of ether oxygens (including phenoxy) is 1. The second-order valence-electron chi connectivity index (χ2n) is 4.25. The molecule has 0 heterocycles. The molecule has 0 spiro atoms. The monoisotopic (exact) mass is 323 g/mol. The molecule has 0 bridgehead atoms. The van der Waals surface area contributed by atoms with Crippen molar-refractivity contribution < 1.29 is 9.13 Å². The molecule has 2 aromatic carbocycles. The van der Waals surface area contributed by atoms with Gasteiger partial charge in [-0.15, -0.1) is 0 Å². The smallest absolute Gasteiger partial charge is 0.128 e. The van der Waals surface area contributed by atoms with Gasteiger partial charge in [0.15, 0.2) is 0 Å². The maximum absolute atomic E-state index is 13.2. The molecule has 2 rings (SSSR count). The van der Waals surface area contributed by atoms with Crippen LogP contribution in [0, 0.1) is 5.82 Å². The van der Waals surface area contributed by atoms with Gasteiger partial charge >= 0.3 is 0 Å². The van der Waals surface area contributed by atoms with E-state index in [1.807, 2.05) is 24.3 Å². The van der Waals surface area contributed by atoms with Crippen molar-refractivity contribution in [3.63, 3.8) is 0 Å². The highest BCUT2D eigenvalue weighted by atomic mass is 79.9. The molecule has 100 valence electrons. The van der Waals surface area contributed by atoms with Crippen LogP contribution in [0.1, 0.15) is 11.1 Å². The summed E-state index contributed by atoms with van der Waals surface area (Å²) in [5.74, 6) is 0.195. The van der Waals surface area contributed by atoms with Crippen molar-refractivity contribution in [3.05, 3.63) is 63.9 Å². The molecule has 19 heavy (non-hydrogen) atoms. The van der Waals surface area contributed by atoms with E-state index < -0.39 is 0 Å². The number of benzene rings is 2. The molecule has 2 N–H and O–H groups in total. The maximum Gasteiger partial charge on any atom is 0.128 e. The Balaban J connectivity index is 1.98. The van der Waals surface area contributed by atoms with Gasteiger partial charge in [0.2, 0.25) is 0 Å². The van der Waals surface area contributed by atoms with Gasteiger partial charge in [-0.1, -0.05) is 40.2 Å². The standard InChI is InChI=1S/C15H15BrFNO/c16-13-7-14(17)9-15(8-13)19-10-12-3-1-11(2-4-12)5-6-18/h1-4,7-9H,5-6,10,18H2. The summed E-state index contributed by atoms with van der Waals surface area (Å²) >= 11 is 3.23. The number of hydrogen-bond donors (Lipinski definition) is 1. The van der Waals surface area contributed by atoms with Gasteiger partial charge in [-0.05, 0) is 36.2 Å². The third-order valence-electron chi connectivity index (χ3n) is 2.70. The predicted octanol–water partition coefficient (Wildman–Crippen LogP) is 3.67. The van der Waals surface area contributed by atoms with Crippen molar-refractivity contribution in [1.29, 1.82) is 0 Å². The number of rotatable bonds is 5. The summed E-state index contributed by atoms with van der Waals surface area (Å²) in [5, 5.41) is 0. The SMILES string of the molecule is NCCc1ccc(COc2cc(F)cc(Br)c2)cc1. The summed E-state index contributed by atoms with van der Waals surface area (Å²) in [6.45, 7) is 1.06. The highest BCUT2D eigenvalue weighted by molar-refractivity contribution is 9.10. The van der Waals surface area contributed by atoms with Gasteiger partial charge < -0.3 is 10.5 Å². The van der Waals surface area contributed by atoms with Gasteiger partial charge in [0, 0.05) is 10.5 Å². The molecule has 0 unspecified atom stereocenters. The average molecular weight is 324 g/mol. The van der Waals surface area contributed by atoms with E-state index in [9.17, 15) is 4.39 Å². The Kier molecular flexibility index (Phi) is 4.93. The predicted molar refractivity (Wildman–Crippen MR) is 77.6 cm³/mol. The molecule has 0 aromatic heterocycles. The number of halogens is 2. The largest absolute Gasteiger partial charge is 0.489 e. The van der Waals surface area contributed by atoms with Gasteiger partial charge in [-0.2, -0.15) is 0 Å². The van der Waals surface area contributed by atoms with Crippen LogP contribution in [-0.2, 0) is 13.0 Å². The first-order valence-electron chi connectivity index (χ1n) is 6.04. The van der Waals surface area contributed by atoms with Crippen molar-refractivity contribution in [2.45, 2.75) is 13.0 Å². The maximum atomic E-state index is 13.2. The Bertz CT molecular complexity index is 522. The molecule has 0 atom stereocenters. The Labute approximate surface area is 120 Å². The lowest BCUT2D eigenvalue weighted by molar-refractivity contribution is 0.304. The molecule has 2 aromatic rings. The topological polar surface area (TPSA) is 35.2 Å². The van der Waals surface area contributed by atoms with Gasteiger partial charge in [0.1, 0.15) is 18.2 Å². The third kappa shape index (κ3) is 4.33. The normalized spacial score (nSPS) is 10.5. The minimum absolute atomic E-state index is 0.317. The Morgan fingerprint density at radius 2 is 1.74 bits per heavy atom. The molecule has 0 aliphatic carbocycles. The van der Waals surface area contributed by atoms with E-state index in [1.165, 1.54) is 17.7 Å². The van der Waals surface area contributed by atoms with Crippen LogP contribution < -0.4 is 10.5 Å². The van der Waals surface area contributed by atoms with Crippen LogP contribution in [0.15, 0.2) is 46.9 Å². The lowest BCUT2D eigenvalue weighted by atomic mass is 10.1. The van der Waals surface area contributed by atoms with Crippen LogP contribution >= 0.6 is 15.9 Å². The van der Waals surface area contributed by atoms with Crippen LogP contribution in [0.2, 0.25) is 0 Å². The second kappa shape index (κ2) is 6.68. The molecule has 0 saturated heterocycles. The van der Waals surface area contributed by atoms with Crippen molar-refractivity contribution in [2.75, 3.05) is 6.54 Å². The first kappa shape index (κ1) is 14.0. The van der Waals surface area contributed by atoms with E-state index in [0.717, 1.165) is 12.0 Å². The van der Waals surface area contributed by atoms with Gasteiger partial charge in [-0.3, -0.25) is 0 Å². The summed E-state index contributed by atoms with van der Waals surface area (Å²) in [5.41, 5.74) is 7.75. The summed E-state index contributed by atoms with van der Waals surface area (Å²) in [6.07, 6.45) is 0.873. The fourth-order valence-corrected chi connectivity index (χ4v) is 2.19. The summed E-state index contributed by atoms with van der Waals surface area (Å²) in [4.78, 5) is 0. The van der Waals surface area contributed by atoms with Crippen molar-refractivity contribution in [2.24, 2.45) is 5.73 Å². The number of hydrogen-bond acceptors (Lipinski definition) is 2. The van der Waals surface area contributed by atoms with E-state index in [1.54, 1.807) is 6.07 Å². The fourth-order valence-electron chi connectivity index (χ4n) is 1.75. The first-order valence-corrected chi connectivity index (χ1v) is 6.83. The molecule has 4 heteroatoms. The second-order valence-corrected chi connectivity index (χ2v) is 5.16. The Morgan fingerprint density at radius 3 is 2.37 bits per heavy atom. The molecule has 0 radical (unpaired) electrons. The molecule has 2 nitrogen and oxygen atoms in total.